The van der Waals surface area contributed by atoms with Gasteiger partial charge in [0.25, 0.3) is 0 Å². The van der Waals surface area contributed by atoms with E-state index in [9.17, 15) is 0 Å². The van der Waals surface area contributed by atoms with Gasteiger partial charge in [-0.1, -0.05) is 6.07 Å². The number of rotatable bonds is 5. The molecule has 1 aromatic heterocycles. The molecule has 3 nitrogen and oxygen atoms in total. The van der Waals surface area contributed by atoms with E-state index in [1.807, 2.05) is 25.1 Å². The smallest absolute Gasteiger partial charge is 0.126 e. The summed E-state index contributed by atoms with van der Waals surface area (Å²) in [5, 5.41) is 3.16. The molecule has 0 spiro atoms. The molecule has 0 aliphatic carbocycles. The summed E-state index contributed by atoms with van der Waals surface area (Å²) in [6, 6.07) is 5.91. The molecular formula is C10H16N2O. The molecule has 72 valence electrons. The van der Waals surface area contributed by atoms with Crippen molar-refractivity contribution in [3.05, 3.63) is 23.9 Å². The van der Waals surface area contributed by atoms with Crippen molar-refractivity contribution in [2.45, 2.75) is 20.5 Å². The maximum atomic E-state index is 5.26. The zero-order valence-electron chi connectivity index (χ0n) is 8.21. The summed E-state index contributed by atoms with van der Waals surface area (Å²) in [4.78, 5) is 4.36. The van der Waals surface area contributed by atoms with Crippen LogP contribution in [0.3, 0.4) is 0 Å². The summed E-state index contributed by atoms with van der Waals surface area (Å²) in [5.41, 5.74) is 0.973. The van der Waals surface area contributed by atoms with Crippen LogP contribution in [0.5, 0.6) is 0 Å². The first-order chi connectivity index (χ1) is 6.36. The second-order valence-electron chi connectivity index (χ2n) is 2.68. The van der Waals surface area contributed by atoms with Crippen LogP contribution in [0.4, 0.5) is 5.82 Å². The van der Waals surface area contributed by atoms with E-state index in [4.69, 9.17) is 4.74 Å². The number of ether oxygens (including phenoxy) is 1. The summed E-state index contributed by atoms with van der Waals surface area (Å²) >= 11 is 0. The first kappa shape index (κ1) is 9.99. The van der Waals surface area contributed by atoms with Crippen molar-refractivity contribution < 1.29 is 4.74 Å². The SMILES string of the molecule is CCNc1cccc(COCC)n1. The predicted molar refractivity (Wildman–Crippen MR) is 53.7 cm³/mol. The Bertz CT molecular complexity index is 250. The van der Waals surface area contributed by atoms with Gasteiger partial charge in [-0.2, -0.15) is 0 Å². The molecule has 0 saturated carbocycles. The summed E-state index contributed by atoms with van der Waals surface area (Å²) in [7, 11) is 0. The summed E-state index contributed by atoms with van der Waals surface area (Å²) in [6.07, 6.45) is 0. The van der Waals surface area contributed by atoms with Gasteiger partial charge >= 0.3 is 0 Å². The first-order valence-corrected chi connectivity index (χ1v) is 4.64. The molecule has 1 aromatic rings. The van der Waals surface area contributed by atoms with Crippen LogP contribution in [0.1, 0.15) is 19.5 Å². The molecule has 0 aliphatic heterocycles. The molecule has 13 heavy (non-hydrogen) atoms. The molecule has 3 heteroatoms. The third kappa shape index (κ3) is 3.42. The van der Waals surface area contributed by atoms with Crippen LogP contribution in [0, 0.1) is 0 Å². The average Bonchev–Trinajstić information content (AvgIpc) is 2.16. The lowest BCUT2D eigenvalue weighted by Crippen LogP contribution is -2.02. The van der Waals surface area contributed by atoms with E-state index >= 15 is 0 Å². The molecule has 1 heterocycles. The van der Waals surface area contributed by atoms with Crippen LogP contribution in [0.25, 0.3) is 0 Å². The number of pyridine rings is 1. The molecule has 0 bridgehead atoms. The third-order valence-electron chi connectivity index (χ3n) is 1.62. The normalized spacial score (nSPS) is 10.0. The van der Waals surface area contributed by atoms with Crippen LogP contribution >= 0.6 is 0 Å². The second-order valence-corrected chi connectivity index (χ2v) is 2.68. The Kier molecular flexibility index (Phi) is 4.26. The molecule has 1 N–H and O–H groups in total. The van der Waals surface area contributed by atoms with Gasteiger partial charge in [-0.25, -0.2) is 4.98 Å². The number of nitrogens with zero attached hydrogens (tertiary/aromatic N) is 1. The lowest BCUT2D eigenvalue weighted by molar-refractivity contribution is 0.131. The first-order valence-electron chi connectivity index (χ1n) is 4.64. The van der Waals surface area contributed by atoms with Crippen LogP contribution < -0.4 is 5.32 Å². The molecule has 1 rings (SSSR count). The van der Waals surface area contributed by atoms with Crippen LogP contribution in [0.2, 0.25) is 0 Å². The Labute approximate surface area is 79.1 Å². The summed E-state index contributed by atoms with van der Waals surface area (Å²) in [6.45, 7) is 6.25. The van der Waals surface area contributed by atoms with Crippen molar-refractivity contribution in [1.29, 1.82) is 0 Å². The van der Waals surface area contributed by atoms with Crippen molar-refractivity contribution in [3.8, 4) is 0 Å². The lowest BCUT2D eigenvalue weighted by atomic mass is 10.3. The maximum Gasteiger partial charge on any atom is 0.126 e. The highest BCUT2D eigenvalue weighted by Crippen LogP contribution is 2.05. The zero-order valence-corrected chi connectivity index (χ0v) is 8.21. The Hall–Kier alpha value is -1.09. The molecule has 0 unspecified atom stereocenters. The topological polar surface area (TPSA) is 34.1 Å². The van der Waals surface area contributed by atoms with Crippen molar-refractivity contribution in [2.24, 2.45) is 0 Å². The van der Waals surface area contributed by atoms with E-state index in [-0.39, 0.29) is 0 Å². The minimum Gasteiger partial charge on any atom is -0.375 e. The molecule has 0 radical (unpaired) electrons. The molecule has 0 amide bonds. The maximum absolute atomic E-state index is 5.26. The molecular weight excluding hydrogens is 164 g/mol. The number of hydrogen-bond donors (Lipinski definition) is 1. The highest BCUT2D eigenvalue weighted by molar-refractivity contribution is 5.34. The minimum atomic E-state index is 0.593. The van der Waals surface area contributed by atoms with Gasteiger partial charge in [0.2, 0.25) is 0 Å². The number of hydrogen-bond acceptors (Lipinski definition) is 3. The lowest BCUT2D eigenvalue weighted by Gasteiger charge is -2.04. The quantitative estimate of drug-likeness (QED) is 0.753. The summed E-state index contributed by atoms with van der Waals surface area (Å²) in [5.74, 6) is 0.916. The second kappa shape index (κ2) is 5.54. The van der Waals surface area contributed by atoms with Gasteiger partial charge in [0.1, 0.15) is 5.82 Å². The molecule has 0 aliphatic rings. The fourth-order valence-electron chi connectivity index (χ4n) is 1.05. The van der Waals surface area contributed by atoms with Gasteiger partial charge in [-0.3, -0.25) is 0 Å². The van der Waals surface area contributed by atoms with Gasteiger partial charge in [0.15, 0.2) is 0 Å². The molecule has 0 atom stereocenters. The van der Waals surface area contributed by atoms with Crippen LogP contribution in [-0.2, 0) is 11.3 Å². The highest BCUT2D eigenvalue weighted by Gasteiger charge is 1.95. The van der Waals surface area contributed by atoms with E-state index in [0.717, 1.165) is 24.7 Å². The highest BCUT2D eigenvalue weighted by atomic mass is 16.5. The van der Waals surface area contributed by atoms with Gasteiger partial charge in [-0.05, 0) is 26.0 Å². The van der Waals surface area contributed by atoms with Gasteiger partial charge in [-0.15, -0.1) is 0 Å². The predicted octanol–water partition coefficient (Wildman–Crippen LogP) is 2.05. The van der Waals surface area contributed by atoms with E-state index in [1.54, 1.807) is 0 Å². The zero-order chi connectivity index (χ0) is 9.52. The van der Waals surface area contributed by atoms with Crippen molar-refractivity contribution in [1.82, 2.24) is 4.98 Å². The Morgan fingerprint density at radius 2 is 2.23 bits per heavy atom. The van der Waals surface area contributed by atoms with Gasteiger partial charge in [0.05, 0.1) is 12.3 Å². The Morgan fingerprint density at radius 3 is 2.92 bits per heavy atom. The van der Waals surface area contributed by atoms with E-state index in [1.165, 1.54) is 0 Å². The average molecular weight is 180 g/mol. The number of aromatic nitrogens is 1. The molecule has 0 aromatic carbocycles. The van der Waals surface area contributed by atoms with Crippen LogP contribution in [0.15, 0.2) is 18.2 Å². The van der Waals surface area contributed by atoms with Gasteiger partial charge in [0, 0.05) is 13.2 Å². The van der Waals surface area contributed by atoms with E-state index in [0.29, 0.717) is 6.61 Å². The van der Waals surface area contributed by atoms with Crippen molar-refractivity contribution >= 4 is 5.82 Å². The monoisotopic (exact) mass is 180 g/mol. The van der Waals surface area contributed by atoms with Crippen molar-refractivity contribution in [3.63, 3.8) is 0 Å². The van der Waals surface area contributed by atoms with Crippen molar-refractivity contribution in [2.75, 3.05) is 18.5 Å². The fourth-order valence-corrected chi connectivity index (χ4v) is 1.05. The molecule has 0 fully saturated rings. The van der Waals surface area contributed by atoms with E-state index < -0.39 is 0 Å². The Balaban J connectivity index is 2.56. The number of nitrogens with one attached hydrogen (secondary N) is 1. The molecule has 0 saturated heterocycles. The third-order valence-corrected chi connectivity index (χ3v) is 1.62. The largest absolute Gasteiger partial charge is 0.375 e. The van der Waals surface area contributed by atoms with Crippen LogP contribution in [-0.4, -0.2) is 18.1 Å². The summed E-state index contributed by atoms with van der Waals surface area (Å²) < 4.78 is 5.26. The Morgan fingerprint density at radius 1 is 1.38 bits per heavy atom. The fraction of sp³-hybridized carbons (Fsp3) is 0.500. The van der Waals surface area contributed by atoms with E-state index in [2.05, 4.69) is 17.2 Å². The standard InChI is InChI=1S/C10H16N2O/c1-3-11-10-7-5-6-9(12-10)8-13-4-2/h5-7H,3-4,8H2,1-2H3,(H,11,12). The van der Waals surface area contributed by atoms with Gasteiger partial charge < -0.3 is 10.1 Å². The minimum absolute atomic E-state index is 0.593. The number of anilines is 1.